The Kier molecular flexibility index (Phi) is 8.62. The van der Waals surface area contributed by atoms with Crippen LogP contribution in [0.3, 0.4) is 0 Å². The number of unbranched alkanes of at least 4 members (excludes halogenated alkanes) is 3. The highest BCUT2D eigenvalue weighted by Gasteiger charge is 2.23. The minimum Gasteiger partial charge on any atom is -0.378 e. The minimum absolute atomic E-state index is 0.528. The average molecular weight is 306 g/mol. The van der Waals surface area contributed by atoms with Crippen LogP contribution in [0.15, 0.2) is 18.7 Å². The maximum Gasteiger partial charge on any atom is 0.0945 e. The number of ether oxygens (including phenoxy) is 1. The summed E-state index contributed by atoms with van der Waals surface area (Å²) in [7, 11) is 0. The summed E-state index contributed by atoms with van der Waals surface area (Å²) in [6, 6.07) is 0. The monoisotopic (exact) mass is 306 g/mol. The highest BCUT2D eigenvalue weighted by atomic mass is 16.5. The van der Waals surface area contributed by atoms with E-state index in [9.17, 15) is 0 Å². The molecule has 1 unspecified atom stereocenters. The minimum atomic E-state index is 0.528. The van der Waals surface area contributed by atoms with Gasteiger partial charge in [0.25, 0.3) is 0 Å². The zero-order chi connectivity index (χ0) is 15.5. The Morgan fingerprint density at radius 3 is 2.73 bits per heavy atom. The standard InChI is InChI=1S/C19H34N2O/c1-2-3-16-22-19(18-10-6-4-7-11-18)12-8-5-9-14-21-15-13-20-17-21/h13,15,17-19H,2-12,14,16H2,1H3. The lowest BCUT2D eigenvalue weighted by atomic mass is 9.83. The molecule has 0 spiro atoms. The predicted molar refractivity (Wildman–Crippen MR) is 91.9 cm³/mol. The number of hydrogen-bond donors (Lipinski definition) is 0. The molecule has 1 aliphatic rings. The number of aromatic nitrogens is 2. The van der Waals surface area contributed by atoms with E-state index < -0.39 is 0 Å². The molecule has 0 aliphatic heterocycles. The second-order valence-corrected chi connectivity index (χ2v) is 6.81. The van der Waals surface area contributed by atoms with Crippen LogP contribution < -0.4 is 0 Å². The molecule has 3 heteroatoms. The molecule has 0 amide bonds. The molecule has 0 N–H and O–H groups in total. The molecular formula is C19H34N2O. The molecule has 1 fully saturated rings. The molecule has 0 saturated heterocycles. The Morgan fingerprint density at radius 1 is 1.14 bits per heavy atom. The summed E-state index contributed by atoms with van der Waals surface area (Å²) in [6.07, 6.45) is 21.0. The van der Waals surface area contributed by atoms with Crippen molar-refractivity contribution < 1.29 is 4.74 Å². The van der Waals surface area contributed by atoms with Crippen LogP contribution in [-0.2, 0) is 11.3 Å². The Bertz CT molecular complexity index is 358. The largest absolute Gasteiger partial charge is 0.378 e. The van der Waals surface area contributed by atoms with Gasteiger partial charge in [0.15, 0.2) is 0 Å². The van der Waals surface area contributed by atoms with Gasteiger partial charge in [-0.15, -0.1) is 0 Å². The van der Waals surface area contributed by atoms with Gasteiger partial charge < -0.3 is 9.30 Å². The Hall–Kier alpha value is -0.830. The van der Waals surface area contributed by atoms with E-state index >= 15 is 0 Å². The molecule has 1 atom stereocenters. The van der Waals surface area contributed by atoms with Gasteiger partial charge in [0.05, 0.1) is 12.4 Å². The molecule has 0 aromatic carbocycles. The Labute approximate surface area is 136 Å². The van der Waals surface area contributed by atoms with E-state index in [1.54, 1.807) is 0 Å². The first-order valence-corrected chi connectivity index (χ1v) is 9.47. The van der Waals surface area contributed by atoms with Gasteiger partial charge in [-0.05, 0) is 38.0 Å². The lowest BCUT2D eigenvalue weighted by molar-refractivity contribution is -0.00747. The summed E-state index contributed by atoms with van der Waals surface area (Å²) in [5, 5.41) is 0. The van der Waals surface area contributed by atoms with Crippen molar-refractivity contribution in [1.82, 2.24) is 9.55 Å². The van der Waals surface area contributed by atoms with Crippen LogP contribution in [0.5, 0.6) is 0 Å². The van der Waals surface area contributed by atoms with E-state index in [4.69, 9.17) is 4.74 Å². The summed E-state index contributed by atoms with van der Waals surface area (Å²) >= 11 is 0. The molecule has 1 saturated carbocycles. The third kappa shape index (κ3) is 6.51. The summed E-state index contributed by atoms with van der Waals surface area (Å²) in [6.45, 7) is 4.31. The average Bonchev–Trinajstić information content (AvgIpc) is 3.07. The van der Waals surface area contributed by atoms with Crippen LogP contribution in [0.1, 0.15) is 77.6 Å². The molecule has 22 heavy (non-hydrogen) atoms. The summed E-state index contributed by atoms with van der Waals surface area (Å²) < 4.78 is 8.44. The Morgan fingerprint density at radius 2 is 2.00 bits per heavy atom. The summed E-state index contributed by atoms with van der Waals surface area (Å²) in [4.78, 5) is 4.10. The summed E-state index contributed by atoms with van der Waals surface area (Å²) in [5.74, 6) is 0.833. The highest BCUT2D eigenvalue weighted by molar-refractivity contribution is 4.76. The van der Waals surface area contributed by atoms with E-state index in [0.29, 0.717) is 6.10 Å². The van der Waals surface area contributed by atoms with Crippen molar-refractivity contribution in [3.05, 3.63) is 18.7 Å². The van der Waals surface area contributed by atoms with Crippen molar-refractivity contribution in [3.63, 3.8) is 0 Å². The van der Waals surface area contributed by atoms with E-state index in [1.807, 2.05) is 12.5 Å². The van der Waals surface area contributed by atoms with Crippen LogP contribution >= 0.6 is 0 Å². The SMILES string of the molecule is CCCCOC(CCCCCn1ccnc1)C1CCCCC1. The number of nitrogens with zero attached hydrogens (tertiary/aromatic N) is 2. The zero-order valence-corrected chi connectivity index (χ0v) is 14.4. The van der Waals surface area contributed by atoms with Gasteiger partial charge in [-0.25, -0.2) is 4.98 Å². The van der Waals surface area contributed by atoms with Crippen molar-refractivity contribution in [2.45, 2.75) is 90.2 Å². The van der Waals surface area contributed by atoms with Gasteiger partial charge in [0, 0.05) is 25.5 Å². The van der Waals surface area contributed by atoms with Crippen LogP contribution in [0.4, 0.5) is 0 Å². The maximum absolute atomic E-state index is 6.26. The fraction of sp³-hybridized carbons (Fsp3) is 0.842. The van der Waals surface area contributed by atoms with Crippen molar-refractivity contribution in [1.29, 1.82) is 0 Å². The quantitative estimate of drug-likeness (QED) is 0.525. The van der Waals surface area contributed by atoms with Gasteiger partial charge in [-0.1, -0.05) is 45.4 Å². The molecule has 3 nitrogen and oxygen atoms in total. The van der Waals surface area contributed by atoms with Crippen molar-refractivity contribution >= 4 is 0 Å². The molecular weight excluding hydrogens is 272 g/mol. The van der Waals surface area contributed by atoms with Gasteiger partial charge in [0.1, 0.15) is 0 Å². The third-order valence-electron chi connectivity index (χ3n) is 4.97. The first-order chi connectivity index (χ1) is 10.9. The van der Waals surface area contributed by atoms with E-state index in [1.165, 1.54) is 70.6 Å². The fourth-order valence-electron chi connectivity index (χ4n) is 3.58. The van der Waals surface area contributed by atoms with Crippen molar-refractivity contribution in [3.8, 4) is 0 Å². The molecule has 1 aliphatic carbocycles. The lowest BCUT2D eigenvalue weighted by Gasteiger charge is -2.30. The second kappa shape index (κ2) is 10.8. The van der Waals surface area contributed by atoms with Gasteiger partial charge in [-0.2, -0.15) is 0 Å². The molecule has 1 heterocycles. The van der Waals surface area contributed by atoms with E-state index in [2.05, 4.69) is 22.7 Å². The van der Waals surface area contributed by atoms with Gasteiger partial charge in [-0.3, -0.25) is 0 Å². The molecule has 126 valence electrons. The smallest absolute Gasteiger partial charge is 0.0945 e. The number of hydrogen-bond acceptors (Lipinski definition) is 2. The predicted octanol–water partition coefficient (Wildman–Crippen LogP) is 5.21. The van der Waals surface area contributed by atoms with Crippen LogP contribution in [-0.4, -0.2) is 22.3 Å². The van der Waals surface area contributed by atoms with E-state index in [-0.39, 0.29) is 0 Å². The second-order valence-electron chi connectivity index (χ2n) is 6.81. The van der Waals surface area contributed by atoms with Crippen LogP contribution in [0.25, 0.3) is 0 Å². The topological polar surface area (TPSA) is 27.1 Å². The van der Waals surface area contributed by atoms with Crippen molar-refractivity contribution in [2.24, 2.45) is 5.92 Å². The third-order valence-corrected chi connectivity index (χ3v) is 4.97. The first kappa shape index (κ1) is 17.5. The lowest BCUT2D eigenvalue weighted by Crippen LogP contribution is -2.26. The number of imidazole rings is 1. The van der Waals surface area contributed by atoms with Crippen LogP contribution in [0, 0.1) is 5.92 Å². The maximum atomic E-state index is 6.26. The fourth-order valence-corrected chi connectivity index (χ4v) is 3.58. The van der Waals surface area contributed by atoms with Gasteiger partial charge in [0.2, 0.25) is 0 Å². The normalized spacial score (nSPS) is 17.7. The Balaban J connectivity index is 1.64. The van der Waals surface area contributed by atoms with Crippen molar-refractivity contribution in [2.75, 3.05) is 6.61 Å². The molecule has 1 aromatic rings. The molecule has 0 bridgehead atoms. The van der Waals surface area contributed by atoms with Crippen LogP contribution in [0.2, 0.25) is 0 Å². The molecule has 2 rings (SSSR count). The zero-order valence-electron chi connectivity index (χ0n) is 14.4. The van der Waals surface area contributed by atoms with E-state index in [0.717, 1.165) is 19.1 Å². The van der Waals surface area contributed by atoms with Gasteiger partial charge >= 0.3 is 0 Å². The highest BCUT2D eigenvalue weighted by Crippen LogP contribution is 2.30. The molecule has 1 aromatic heterocycles. The number of rotatable bonds is 11. The molecule has 0 radical (unpaired) electrons. The summed E-state index contributed by atoms with van der Waals surface area (Å²) in [5.41, 5.74) is 0. The first-order valence-electron chi connectivity index (χ1n) is 9.47. The number of aryl methyl sites for hydroxylation is 1.